The van der Waals surface area contributed by atoms with E-state index in [1.54, 1.807) is 53.7 Å². The first-order valence-corrected chi connectivity index (χ1v) is 9.03. The van der Waals surface area contributed by atoms with Crippen LogP contribution >= 0.6 is 0 Å². The van der Waals surface area contributed by atoms with Crippen LogP contribution < -0.4 is 15.8 Å². The fourth-order valence-corrected chi connectivity index (χ4v) is 3.67. The Morgan fingerprint density at radius 3 is 2.26 bits per heavy atom. The lowest BCUT2D eigenvalue weighted by molar-refractivity contribution is -0.119. The van der Waals surface area contributed by atoms with Crippen LogP contribution in [-0.4, -0.2) is 25.9 Å². The number of sulfonamides is 1. The summed E-state index contributed by atoms with van der Waals surface area (Å²) in [6.45, 7) is 10.5. The van der Waals surface area contributed by atoms with Crippen LogP contribution in [0.5, 0.6) is 0 Å². The summed E-state index contributed by atoms with van der Waals surface area (Å²) in [5, 5.41) is 2.76. The van der Waals surface area contributed by atoms with E-state index in [0.717, 1.165) is 0 Å². The normalized spacial score (nSPS) is 15.1. The van der Waals surface area contributed by atoms with Crippen molar-refractivity contribution < 1.29 is 13.2 Å². The van der Waals surface area contributed by atoms with Crippen LogP contribution in [0.3, 0.4) is 0 Å². The maximum atomic E-state index is 12.5. The Kier molecular flexibility index (Phi) is 5.95. The van der Waals surface area contributed by atoms with Gasteiger partial charge in [-0.3, -0.25) is 4.79 Å². The SMILES string of the molecule is Cc1c(NC(=O)C(C)C(C)N)cccc1S(=O)(=O)NC(C)(C)C. The second-order valence-electron chi connectivity index (χ2n) is 6.92. The third-order valence-corrected chi connectivity index (χ3v) is 5.38. The number of rotatable bonds is 5. The third-order valence-electron chi connectivity index (χ3n) is 3.47. The van der Waals surface area contributed by atoms with E-state index >= 15 is 0 Å². The zero-order chi connectivity index (χ0) is 18.0. The van der Waals surface area contributed by atoms with Gasteiger partial charge in [0.15, 0.2) is 0 Å². The van der Waals surface area contributed by atoms with E-state index < -0.39 is 15.6 Å². The van der Waals surface area contributed by atoms with Crippen molar-refractivity contribution in [1.82, 2.24) is 4.72 Å². The molecule has 0 heterocycles. The van der Waals surface area contributed by atoms with Crippen molar-refractivity contribution in [3.63, 3.8) is 0 Å². The molecule has 0 aliphatic rings. The molecule has 1 aromatic rings. The smallest absolute Gasteiger partial charge is 0.241 e. The van der Waals surface area contributed by atoms with Crippen molar-refractivity contribution in [3.8, 4) is 0 Å². The Labute approximate surface area is 138 Å². The number of carbonyl (C=O) groups is 1. The zero-order valence-electron chi connectivity index (χ0n) is 14.6. The van der Waals surface area contributed by atoms with Crippen LogP contribution in [0.4, 0.5) is 5.69 Å². The Morgan fingerprint density at radius 2 is 1.78 bits per heavy atom. The predicted octanol–water partition coefficient (Wildman–Crippen LogP) is 1.99. The Balaban J connectivity index is 3.15. The number of amides is 1. The van der Waals surface area contributed by atoms with Crippen LogP contribution in [0.1, 0.15) is 40.2 Å². The number of nitrogens with two attached hydrogens (primary N) is 1. The first kappa shape index (κ1) is 19.6. The van der Waals surface area contributed by atoms with Gasteiger partial charge in [0.25, 0.3) is 0 Å². The molecular formula is C16H27N3O3S. The number of hydrogen-bond donors (Lipinski definition) is 3. The molecule has 0 aliphatic carbocycles. The predicted molar refractivity (Wildman–Crippen MR) is 92.7 cm³/mol. The highest BCUT2D eigenvalue weighted by molar-refractivity contribution is 7.89. The Bertz CT molecular complexity index is 676. The van der Waals surface area contributed by atoms with E-state index in [0.29, 0.717) is 11.3 Å². The maximum Gasteiger partial charge on any atom is 0.241 e. The minimum atomic E-state index is -3.67. The van der Waals surface area contributed by atoms with Gasteiger partial charge in [0, 0.05) is 17.3 Å². The van der Waals surface area contributed by atoms with Gasteiger partial charge in [0.2, 0.25) is 15.9 Å². The minimum Gasteiger partial charge on any atom is -0.327 e. The van der Waals surface area contributed by atoms with Crippen molar-refractivity contribution in [2.24, 2.45) is 11.7 Å². The number of carbonyl (C=O) groups excluding carboxylic acids is 1. The van der Waals surface area contributed by atoms with Gasteiger partial charge in [-0.2, -0.15) is 0 Å². The van der Waals surface area contributed by atoms with E-state index in [2.05, 4.69) is 10.0 Å². The minimum absolute atomic E-state index is 0.152. The average molecular weight is 341 g/mol. The molecule has 0 radical (unpaired) electrons. The Hall–Kier alpha value is -1.44. The molecule has 0 saturated carbocycles. The molecular weight excluding hydrogens is 314 g/mol. The van der Waals surface area contributed by atoms with Crippen molar-refractivity contribution in [3.05, 3.63) is 23.8 Å². The standard InChI is InChI=1S/C16H27N3O3S/c1-10(12(3)17)15(20)18-13-8-7-9-14(11(13)2)23(21,22)19-16(4,5)6/h7-10,12,19H,17H2,1-6H3,(H,18,20). The molecule has 130 valence electrons. The van der Waals surface area contributed by atoms with E-state index in [1.807, 2.05) is 0 Å². The van der Waals surface area contributed by atoms with Gasteiger partial charge in [-0.1, -0.05) is 13.0 Å². The Morgan fingerprint density at radius 1 is 1.22 bits per heavy atom. The van der Waals surface area contributed by atoms with Gasteiger partial charge >= 0.3 is 0 Å². The molecule has 7 heteroatoms. The molecule has 4 N–H and O–H groups in total. The summed E-state index contributed by atoms with van der Waals surface area (Å²) in [7, 11) is -3.67. The first-order chi connectivity index (χ1) is 10.3. The lowest BCUT2D eigenvalue weighted by atomic mass is 10.0. The fraction of sp³-hybridized carbons (Fsp3) is 0.562. The maximum absolute atomic E-state index is 12.5. The lowest BCUT2D eigenvalue weighted by Gasteiger charge is -2.22. The van der Waals surface area contributed by atoms with Crippen LogP contribution in [0.15, 0.2) is 23.1 Å². The fourth-order valence-electron chi connectivity index (χ4n) is 1.98. The summed E-state index contributed by atoms with van der Waals surface area (Å²) in [6, 6.07) is 4.52. The van der Waals surface area contributed by atoms with Gasteiger partial charge in [0.1, 0.15) is 0 Å². The molecule has 0 bridgehead atoms. The molecule has 2 atom stereocenters. The van der Waals surface area contributed by atoms with Crippen molar-refractivity contribution in [1.29, 1.82) is 0 Å². The number of benzene rings is 1. The topological polar surface area (TPSA) is 101 Å². The van der Waals surface area contributed by atoms with E-state index in [4.69, 9.17) is 5.73 Å². The molecule has 0 saturated heterocycles. The average Bonchev–Trinajstić information content (AvgIpc) is 2.36. The summed E-state index contributed by atoms with van der Waals surface area (Å²) < 4.78 is 27.6. The van der Waals surface area contributed by atoms with Gasteiger partial charge in [-0.15, -0.1) is 0 Å². The molecule has 2 unspecified atom stereocenters. The lowest BCUT2D eigenvalue weighted by Crippen LogP contribution is -2.40. The van der Waals surface area contributed by atoms with Crippen molar-refractivity contribution in [2.75, 3.05) is 5.32 Å². The van der Waals surface area contributed by atoms with Crippen LogP contribution in [0, 0.1) is 12.8 Å². The molecule has 0 aromatic heterocycles. The monoisotopic (exact) mass is 341 g/mol. The highest BCUT2D eigenvalue weighted by Crippen LogP contribution is 2.24. The van der Waals surface area contributed by atoms with E-state index in [9.17, 15) is 13.2 Å². The second kappa shape index (κ2) is 6.98. The third kappa shape index (κ3) is 5.30. The van der Waals surface area contributed by atoms with Gasteiger partial charge in [-0.25, -0.2) is 13.1 Å². The summed E-state index contributed by atoms with van der Waals surface area (Å²) >= 11 is 0. The van der Waals surface area contributed by atoms with Gasteiger partial charge < -0.3 is 11.1 Å². The quantitative estimate of drug-likeness (QED) is 0.762. The van der Waals surface area contributed by atoms with Crippen molar-refractivity contribution in [2.45, 2.75) is 58.0 Å². The van der Waals surface area contributed by atoms with E-state index in [1.165, 1.54) is 6.07 Å². The largest absolute Gasteiger partial charge is 0.327 e. The summed E-state index contributed by atoms with van der Waals surface area (Å²) in [6.07, 6.45) is 0. The highest BCUT2D eigenvalue weighted by atomic mass is 32.2. The molecule has 23 heavy (non-hydrogen) atoms. The van der Waals surface area contributed by atoms with Crippen molar-refractivity contribution >= 4 is 21.6 Å². The summed E-state index contributed by atoms with van der Waals surface area (Å²) in [5.41, 5.74) is 6.11. The molecule has 0 fully saturated rings. The molecule has 1 rings (SSSR count). The highest BCUT2D eigenvalue weighted by Gasteiger charge is 2.25. The number of anilines is 1. The summed E-state index contributed by atoms with van der Waals surface area (Å²) in [5.74, 6) is -0.608. The number of nitrogens with one attached hydrogen (secondary N) is 2. The first-order valence-electron chi connectivity index (χ1n) is 7.55. The van der Waals surface area contributed by atoms with Crippen LogP contribution in [0.2, 0.25) is 0 Å². The molecule has 1 amide bonds. The van der Waals surface area contributed by atoms with Gasteiger partial charge in [-0.05, 0) is 52.3 Å². The number of hydrogen-bond acceptors (Lipinski definition) is 4. The van der Waals surface area contributed by atoms with Gasteiger partial charge in [0.05, 0.1) is 10.8 Å². The van der Waals surface area contributed by atoms with E-state index in [-0.39, 0.29) is 22.8 Å². The van der Waals surface area contributed by atoms with Crippen LogP contribution in [0.25, 0.3) is 0 Å². The molecule has 0 spiro atoms. The molecule has 0 aliphatic heterocycles. The summed E-state index contributed by atoms with van der Waals surface area (Å²) in [4.78, 5) is 12.3. The molecule has 1 aromatic carbocycles. The second-order valence-corrected chi connectivity index (χ2v) is 8.57. The molecule has 6 nitrogen and oxygen atoms in total. The van der Waals surface area contributed by atoms with Crippen LogP contribution in [-0.2, 0) is 14.8 Å². The zero-order valence-corrected chi connectivity index (χ0v) is 15.4.